The minimum absolute atomic E-state index is 0.207. The zero-order valence-corrected chi connectivity index (χ0v) is 9.67. The van der Waals surface area contributed by atoms with E-state index in [0.717, 1.165) is 5.96 Å². The Balaban J connectivity index is 4.09. The van der Waals surface area contributed by atoms with E-state index in [0.29, 0.717) is 0 Å². The maximum absolute atomic E-state index is 4.55. The van der Waals surface area contributed by atoms with Crippen molar-refractivity contribution in [2.45, 2.75) is 13.0 Å². The summed E-state index contributed by atoms with van der Waals surface area (Å²) in [5.74, 6) is 1.10. The van der Waals surface area contributed by atoms with Gasteiger partial charge in [-0.05, 0) is 6.04 Å². The summed E-state index contributed by atoms with van der Waals surface area (Å²) in [6.45, 7) is 2.19. The molecule has 0 rings (SSSR count). The third-order valence-electron chi connectivity index (χ3n) is 1.28. The summed E-state index contributed by atoms with van der Waals surface area (Å²) in [5.41, 5.74) is 0. The molecule has 3 nitrogen and oxygen atoms in total. The van der Waals surface area contributed by atoms with Crippen LogP contribution in [0, 0.1) is 0 Å². The standard InChI is InChI=1S/C7H19N3Si/c1-6-11-8-7(9(2)3)10(4)5/h6,11H2,1-5H3. The molecular formula is C7H19N3Si. The lowest BCUT2D eigenvalue weighted by atomic mass is 10.7. The molecule has 0 radical (unpaired) electrons. The van der Waals surface area contributed by atoms with Gasteiger partial charge in [0.2, 0.25) is 0 Å². The van der Waals surface area contributed by atoms with Gasteiger partial charge < -0.3 is 9.80 Å². The molecule has 0 aromatic carbocycles. The molecule has 0 amide bonds. The highest BCUT2D eigenvalue weighted by molar-refractivity contribution is 6.35. The molecular weight excluding hydrogens is 154 g/mol. The van der Waals surface area contributed by atoms with Gasteiger partial charge >= 0.3 is 0 Å². The van der Waals surface area contributed by atoms with Crippen molar-refractivity contribution < 1.29 is 0 Å². The Kier molecular flexibility index (Phi) is 4.94. The van der Waals surface area contributed by atoms with E-state index in [1.54, 1.807) is 0 Å². The summed E-state index contributed by atoms with van der Waals surface area (Å²) in [7, 11) is 7.92. The van der Waals surface area contributed by atoms with Gasteiger partial charge in [-0.3, -0.25) is 4.66 Å². The minimum atomic E-state index is -0.207. The van der Waals surface area contributed by atoms with Crippen LogP contribution in [-0.4, -0.2) is 53.6 Å². The fourth-order valence-electron chi connectivity index (χ4n) is 0.895. The molecule has 0 fully saturated rings. The third kappa shape index (κ3) is 4.03. The summed E-state index contributed by atoms with van der Waals surface area (Å²) in [5, 5.41) is 0. The average molecular weight is 173 g/mol. The van der Waals surface area contributed by atoms with E-state index in [-0.39, 0.29) is 9.68 Å². The Morgan fingerprint density at radius 1 is 1.18 bits per heavy atom. The molecule has 0 atom stereocenters. The van der Waals surface area contributed by atoms with Gasteiger partial charge in [0, 0.05) is 28.2 Å². The second kappa shape index (κ2) is 5.18. The van der Waals surface area contributed by atoms with Crippen LogP contribution in [-0.2, 0) is 0 Å². The van der Waals surface area contributed by atoms with Gasteiger partial charge in [0.25, 0.3) is 0 Å². The molecule has 0 saturated heterocycles. The van der Waals surface area contributed by atoms with Crippen LogP contribution >= 0.6 is 0 Å². The molecule has 0 aliphatic rings. The van der Waals surface area contributed by atoms with Gasteiger partial charge in [0.05, 0.1) is 0 Å². The fraction of sp³-hybridized carbons (Fsp3) is 0.857. The highest BCUT2D eigenvalue weighted by Crippen LogP contribution is 1.88. The lowest BCUT2D eigenvalue weighted by Crippen LogP contribution is -2.35. The van der Waals surface area contributed by atoms with Gasteiger partial charge in [-0.25, -0.2) is 0 Å². The van der Waals surface area contributed by atoms with Gasteiger partial charge in [-0.1, -0.05) is 6.92 Å². The Hall–Kier alpha value is -0.513. The van der Waals surface area contributed by atoms with Crippen LogP contribution in [0.4, 0.5) is 0 Å². The molecule has 0 N–H and O–H groups in total. The van der Waals surface area contributed by atoms with E-state index in [2.05, 4.69) is 21.4 Å². The summed E-state index contributed by atoms with van der Waals surface area (Å²) in [4.78, 5) is 4.12. The number of hydrogen-bond acceptors (Lipinski definition) is 1. The summed E-state index contributed by atoms with van der Waals surface area (Å²) < 4.78 is 4.55. The predicted octanol–water partition coefficient (Wildman–Crippen LogP) is -0.0124. The number of nitrogens with zero attached hydrogens (tertiary/aromatic N) is 3. The van der Waals surface area contributed by atoms with Crippen LogP contribution in [0.15, 0.2) is 4.66 Å². The number of guanidine groups is 1. The molecule has 0 aliphatic heterocycles. The van der Waals surface area contributed by atoms with E-state index >= 15 is 0 Å². The fourth-order valence-corrected chi connectivity index (χ4v) is 1.88. The maximum Gasteiger partial charge on any atom is 0.185 e. The van der Waals surface area contributed by atoms with Crippen molar-refractivity contribution >= 4 is 15.6 Å². The molecule has 0 heterocycles. The molecule has 0 saturated carbocycles. The smallest absolute Gasteiger partial charge is 0.185 e. The molecule has 0 aliphatic carbocycles. The van der Waals surface area contributed by atoms with Gasteiger partial charge in [-0.2, -0.15) is 0 Å². The topological polar surface area (TPSA) is 18.8 Å². The largest absolute Gasteiger partial charge is 0.350 e. The monoisotopic (exact) mass is 173 g/mol. The summed E-state index contributed by atoms with van der Waals surface area (Å²) in [6, 6.07) is 1.24. The van der Waals surface area contributed by atoms with Crippen LogP contribution in [0.5, 0.6) is 0 Å². The predicted molar refractivity (Wildman–Crippen MR) is 53.8 cm³/mol. The van der Waals surface area contributed by atoms with E-state index in [4.69, 9.17) is 0 Å². The zero-order valence-electron chi connectivity index (χ0n) is 8.26. The highest BCUT2D eigenvalue weighted by Gasteiger charge is 2.01. The van der Waals surface area contributed by atoms with Crippen LogP contribution in [0.2, 0.25) is 6.04 Å². The third-order valence-corrected chi connectivity index (χ3v) is 2.23. The average Bonchev–Trinajstić information content (AvgIpc) is 1.87. The van der Waals surface area contributed by atoms with Crippen molar-refractivity contribution in [3.63, 3.8) is 0 Å². The first-order valence-corrected chi connectivity index (χ1v) is 5.62. The van der Waals surface area contributed by atoms with Crippen molar-refractivity contribution in [3.05, 3.63) is 0 Å². The van der Waals surface area contributed by atoms with E-state index in [1.807, 2.05) is 28.2 Å². The molecule has 0 bridgehead atoms. The number of hydrogen-bond donors (Lipinski definition) is 0. The Morgan fingerprint density at radius 2 is 1.64 bits per heavy atom. The van der Waals surface area contributed by atoms with E-state index in [1.165, 1.54) is 6.04 Å². The van der Waals surface area contributed by atoms with E-state index in [9.17, 15) is 0 Å². The van der Waals surface area contributed by atoms with E-state index < -0.39 is 0 Å². The highest BCUT2D eigenvalue weighted by atomic mass is 28.2. The molecule has 0 spiro atoms. The normalized spacial score (nSPS) is 10.3. The van der Waals surface area contributed by atoms with Gasteiger partial charge in [0.15, 0.2) is 15.6 Å². The summed E-state index contributed by atoms with van der Waals surface area (Å²) >= 11 is 0. The SMILES string of the molecule is CC[SiH2]N=C(N(C)C)N(C)C. The quantitative estimate of drug-likeness (QED) is 0.332. The summed E-state index contributed by atoms with van der Waals surface area (Å²) in [6.07, 6.45) is 0. The zero-order chi connectivity index (χ0) is 8.85. The van der Waals surface area contributed by atoms with Crippen molar-refractivity contribution in [1.29, 1.82) is 0 Å². The second-order valence-corrected chi connectivity index (χ2v) is 4.73. The molecule has 0 aromatic rings. The van der Waals surface area contributed by atoms with Crippen LogP contribution in [0.1, 0.15) is 6.92 Å². The molecule has 4 heteroatoms. The van der Waals surface area contributed by atoms with Gasteiger partial charge in [-0.15, -0.1) is 0 Å². The molecule has 0 unspecified atom stereocenters. The molecule has 66 valence electrons. The van der Waals surface area contributed by atoms with Crippen molar-refractivity contribution in [3.8, 4) is 0 Å². The molecule has 11 heavy (non-hydrogen) atoms. The Labute approximate surface area is 72.0 Å². The van der Waals surface area contributed by atoms with Crippen molar-refractivity contribution in [1.82, 2.24) is 9.80 Å². The first-order chi connectivity index (χ1) is 5.09. The Morgan fingerprint density at radius 3 is 1.91 bits per heavy atom. The maximum atomic E-state index is 4.55. The van der Waals surface area contributed by atoms with Gasteiger partial charge in [0.1, 0.15) is 0 Å². The minimum Gasteiger partial charge on any atom is -0.350 e. The molecule has 0 aromatic heterocycles. The Bertz CT molecular complexity index is 122. The van der Waals surface area contributed by atoms with Crippen molar-refractivity contribution in [2.24, 2.45) is 4.66 Å². The van der Waals surface area contributed by atoms with Crippen LogP contribution in [0.25, 0.3) is 0 Å². The first kappa shape index (κ1) is 10.5. The van der Waals surface area contributed by atoms with Crippen molar-refractivity contribution in [2.75, 3.05) is 28.2 Å². The van der Waals surface area contributed by atoms with Crippen LogP contribution in [0.3, 0.4) is 0 Å². The van der Waals surface area contributed by atoms with Crippen LogP contribution < -0.4 is 0 Å². The lowest BCUT2D eigenvalue weighted by molar-refractivity contribution is 0.486. The second-order valence-electron chi connectivity index (χ2n) is 2.97. The lowest BCUT2D eigenvalue weighted by Gasteiger charge is -2.22. The number of rotatable bonds is 2. The first-order valence-electron chi connectivity index (χ1n) is 3.98.